The Hall–Kier alpha value is -2.24. The van der Waals surface area contributed by atoms with Crippen molar-refractivity contribution < 1.29 is 9.53 Å². The summed E-state index contributed by atoms with van der Waals surface area (Å²) in [5, 5.41) is 2.71. The number of rotatable bonds is 3. The molecule has 0 unspecified atom stereocenters. The number of anilines is 1. The van der Waals surface area contributed by atoms with Crippen LogP contribution in [0.2, 0.25) is 0 Å². The lowest BCUT2D eigenvalue weighted by atomic mass is 10.2. The van der Waals surface area contributed by atoms with Gasteiger partial charge in [-0.2, -0.15) is 0 Å². The highest BCUT2D eigenvalue weighted by atomic mass is 16.6. The van der Waals surface area contributed by atoms with Gasteiger partial charge in [-0.25, -0.2) is 9.78 Å². The number of amides is 1. The number of nitrogen functional groups attached to an aromatic ring is 1. The van der Waals surface area contributed by atoms with Crippen LogP contribution in [0.3, 0.4) is 0 Å². The summed E-state index contributed by atoms with van der Waals surface area (Å²) in [4.78, 5) is 15.9. The number of nitrogens with two attached hydrogens (primary N) is 1. The number of carbonyl (C=O) groups is 1. The molecule has 0 aliphatic heterocycles. The van der Waals surface area contributed by atoms with E-state index in [4.69, 9.17) is 10.5 Å². The molecule has 20 heavy (non-hydrogen) atoms. The number of ether oxygens (including phenoxy) is 1. The fourth-order valence-electron chi connectivity index (χ4n) is 1.79. The Kier molecular flexibility index (Phi) is 3.83. The van der Waals surface area contributed by atoms with E-state index in [0.29, 0.717) is 18.7 Å². The molecule has 0 aliphatic carbocycles. The van der Waals surface area contributed by atoms with Gasteiger partial charge in [0.05, 0.1) is 5.69 Å². The zero-order chi connectivity index (χ0) is 14.8. The molecule has 0 fully saturated rings. The first-order valence-corrected chi connectivity index (χ1v) is 6.53. The van der Waals surface area contributed by atoms with Gasteiger partial charge in [-0.05, 0) is 32.9 Å². The lowest BCUT2D eigenvalue weighted by molar-refractivity contribution is 0.0528. The second kappa shape index (κ2) is 5.40. The third-order valence-electron chi connectivity index (χ3n) is 2.57. The number of pyridine rings is 1. The summed E-state index contributed by atoms with van der Waals surface area (Å²) in [5.41, 5.74) is 7.65. The first-order valence-electron chi connectivity index (χ1n) is 6.53. The minimum absolute atomic E-state index is 0.412. The fraction of sp³-hybridized carbons (Fsp3) is 0.429. The maximum atomic E-state index is 11.5. The lowest BCUT2D eigenvalue weighted by Gasteiger charge is -2.19. The van der Waals surface area contributed by atoms with Crippen LogP contribution in [-0.4, -0.2) is 27.6 Å². The Morgan fingerprint density at radius 3 is 2.85 bits per heavy atom. The number of nitrogens with zero attached hydrogens (tertiary/aromatic N) is 2. The number of hydrogen-bond acceptors (Lipinski definition) is 4. The average molecular weight is 276 g/mol. The quantitative estimate of drug-likeness (QED) is 0.898. The molecule has 1 amide bonds. The van der Waals surface area contributed by atoms with E-state index in [-0.39, 0.29) is 0 Å². The molecule has 6 nitrogen and oxygen atoms in total. The van der Waals surface area contributed by atoms with Gasteiger partial charge in [-0.1, -0.05) is 0 Å². The van der Waals surface area contributed by atoms with Crippen molar-refractivity contribution in [3.8, 4) is 0 Å². The zero-order valence-electron chi connectivity index (χ0n) is 12.0. The average Bonchev–Trinajstić information content (AvgIpc) is 2.68. The van der Waals surface area contributed by atoms with Crippen LogP contribution in [0.15, 0.2) is 24.5 Å². The number of nitrogens with one attached hydrogen (secondary N) is 1. The van der Waals surface area contributed by atoms with Crippen LogP contribution in [0.5, 0.6) is 0 Å². The Bertz CT molecular complexity index is 613. The molecule has 0 aromatic carbocycles. The van der Waals surface area contributed by atoms with Gasteiger partial charge in [0, 0.05) is 31.0 Å². The van der Waals surface area contributed by atoms with E-state index < -0.39 is 11.7 Å². The number of imidazole rings is 1. The van der Waals surface area contributed by atoms with E-state index >= 15 is 0 Å². The maximum Gasteiger partial charge on any atom is 0.407 e. The van der Waals surface area contributed by atoms with Crippen LogP contribution in [-0.2, 0) is 11.2 Å². The summed E-state index contributed by atoms with van der Waals surface area (Å²) in [6.07, 6.45) is 3.95. The third-order valence-corrected chi connectivity index (χ3v) is 2.57. The van der Waals surface area contributed by atoms with E-state index in [9.17, 15) is 4.79 Å². The van der Waals surface area contributed by atoms with Gasteiger partial charge in [0.1, 0.15) is 11.2 Å². The lowest BCUT2D eigenvalue weighted by Crippen LogP contribution is -2.33. The van der Waals surface area contributed by atoms with E-state index in [0.717, 1.165) is 11.3 Å². The summed E-state index contributed by atoms with van der Waals surface area (Å²) < 4.78 is 7.03. The van der Waals surface area contributed by atoms with E-state index in [1.54, 1.807) is 0 Å². The molecule has 0 saturated heterocycles. The highest BCUT2D eigenvalue weighted by molar-refractivity contribution is 5.67. The Balaban J connectivity index is 1.88. The first kappa shape index (κ1) is 14.2. The molecule has 0 radical (unpaired) electrons. The number of hydrogen-bond donors (Lipinski definition) is 2. The molecule has 3 N–H and O–H groups in total. The van der Waals surface area contributed by atoms with Crippen molar-refractivity contribution >= 4 is 17.4 Å². The molecule has 2 rings (SSSR count). The molecule has 2 aromatic rings. The predicted molar refractivity (Wildman–Crippen MR) is 77.5 cm³/mol. The number of carbonyl (C=O) groups excluding carboxylic acids is 1. The summed E-state index contributed by atoms with van der Waals surface area (Å²) >= 11 is 0. The van der Waals surface area contributed by atoms with Crippen molar-refractivity contribution in [2.24, 2.45) is 0 Å². The molecule has 0 spiro atoms. The summed E-state index contributed by atoms with van der Waals surface area (Å²) in [5.74, 6) is 0. The fourth-order valence-corrected chi connectivity index (χ4v) is 1.79. The van der Waals surface area contributed by atoms with Crippen LogP contribution in [0.1, 0.15) is 26.5 Å². The standard InChI is InChI=1S/C14H20N4O2/c1-14(2,3)20-13(19)16-7-6-11-9-18-8-10(15)4-5-12(18)17-11/h4-5,8-9H,6-7,15H2,1-3H3,(H,16,19). The van der Waals surface area contributed by atoms with Gasteiger partial charge in [0.25, 0.3) is 0 Å². The molecule has 6 heteroatoms. The van der Waals surface area contributed by atoms with Crippen LogP contribution in [0.4, 0.5) is 10.5 Å². The van der Waals surface area contributed by atoms with Crippen molar-refractivity contribution in [3.63, 3.8) is 0 Å². The van der Waals surface area contributed by atoms with Gasteiger partial charge in [0.15, 0.2) is 0 Å². The highest BCUT2D eigenvalue weighted by Crippen LogP contribution is 2.09. The van der Waals surface area contributed by atoms with Crippen molar-refractivity contribution in [2.45, 2.75) is 32.8 Å². The summed E-state index contributed by atoms with van der Waals surface area (Å²) in [7, 11) is 0. The SMILES string of the molecule is CC(C)(C)OC(=O)NCCc1cn2cc(N)ccc2n1. The van der Waals surface area contributed by atoms with Crippen molar-refractivity contribution in [2.75, 3.05) is 12.3 Å². The molecule has 0 atom stereocenters. The first-order chi connectivity index (χ1) is 9.33. The minimum atomic E-state index is -0.481. The largest absolute Gasteiger partial charge is 0.444 e. The van der Waals surface area contributed by atoms with E-state index in [1.807, 2.05) is 49.7 Å². The Morgan fingerprint density at radius 2 is 2.15 bits per heavy atom. The third kappa shape index (κ3) is 3.88. The molecule has 0 saturated carbocycles. The summed E-state index contributed by atoms with van der Waals surface area (Å²) in [6, 6.07) is 3.67. The molecule has 0 bridgehead atoms. The minimum Gasteiger partial charge on any atom is -0.444 e. The smallest absolute Gasteiger partial charge is 0.407 e. The van der Waals surface area contributed by atoms with Gasteiger partial charge in [-0.15, -0.1) is 0 Å². The highest BCUT2D eigenvalue weighted by Gasteiger charge is 2.15. The van der Waals surface area contributed by atoms with Gasteiger partial charge in [0.2, 0.25) is 0 Å². The number of alkyl carbamates (subject to hydrolysis) is 1. The molecule has 0 aliphatic rings. The normalized spacial score (nSPS) is 11.6. The van der Waals surface area contributed by atoms with Gasteiger partial charge in [-0.3, -0.25) is 0 Å². The maximum absolute atomic E-state index is 11.5. The van der Waals surface area contributed by atoms with Crippen LogP contribution < -0.4 is 11.1 Å². The van der Waals surface area contributed by atoms with Crippen molar-refractivity contribution in [3.05, 3.63) is 30.2 Å². The topological polar surface area (TPSA) is 81.6 Å². The second-order valence-electron chi connectivity index (χ2n) is 5.64. The second-order valence-corrected chi connectivity index (χ2v) is 5.64. The summed E-state index contributed by atoms with van der Waals surface area (Å²) in [6.45, 7) is 5.98. The van der Waals surface area contributed by atoms with E-state index in [1.165, 1.54) is 0 Å². The van der Waals surface area contributed by atoms with Crippen LogP contribution in [0, 0.1) is 0 Å². The molecular formula is C14H20N4O2. The predicted octanol–water partition coefficient (Wildman–Crippen LogP) is 1.98. The van der Waals surface area contributed by atoms with Crippen LogP contribution >= 0.6 is 0 Å². The Morgan fingerprint density at radius 1 is 1.40 bits per heavy atom. The molecule has 108 valence electrons. The monoisotopic (exact) mass is 276 g/mol. The number of aromatic nitrogens is 2. The van der Waals surface area contributed by atoms with Gasteiger partial charge < -0.3 is 20.2 Å². The van der Waals surface area contributed by atoms with Crippen molar-refractivity contribution in [1.29, 1.82) is 0 Å². The van der Waals surface area contributed by atoms with E-state index in [2.05, 4.69) is 10.3 Å². The zero-order valence-corrected chi connectivity index (χ0v) is 12.0. The Labute approximate surface area is 117 Å². The van der Waals surface area contributed by atoms with Crippen molar-refractivity contribution in [1.82, 2.24) is 14.7 Å². The number of fused-ring (bicyclic) bond motifs is 1. The molecule has 2 aromatic heterocycles. The molecule has 2 heterocycles. The van der Waals surface area contributed by atoms with Gasteiger partial charge >= 0.3 is 6.09 Å². The van der Waals surface area contributed by atoms with Crippen LogP contribution in [0.25, 0.3) is 5.65 Å². The molecular weight excluding hydrogens is 256 g/mol.